The Labute approximate surface area is 206 Å². The minimum Gasteiger partial charge on any atom is -0.377 e. The van der Waals surface area contributed by atoms with Crippen LogP contribution < -0.4 is 10.6 Å². The topological polar surface area (TPSA) is 101 Å². The van der Waals surface area contributed by atoms with Crippen molar-refractivity contribution in [3.63, 3.8) is 0 Å². The van der Waals surface area contributed by atoms with Crippen molar-refractivity contribution >= 4 is 30.0 Å². The minimum atomic E-state index is -0.153. The van der Waals surface area contributed by atoms with Crippen molar-refractivity contribution < 1.29 is 19.1 Å². The van der Waals surface area contributed by atoms with Gasteiger partial charge in [0, 0.05) is 37.9 Å². The van der Waals surface area contributed by atoms with E-state index in [0.717, 1.165) is 42.4 Å². The standard InChI is InChI=1S/C27H34N4O4/c1-28-18-26(33)31(2)11-3-4-12-35-13-5-6-20-8-10-25(29-17-20)30-27(34)24-15-22-9-7-21(19-32)14-23(22)16-24/h5-10,14,17,19,24,28H,3-4,11-13,15-16,18H2,1-2H3,(H,29,30,34)/b6-5+. The van der Waals surface area contributed by atoms with Crippen LogP contribution in [0.3, 0.4) is 0 Å². The van der Waals surface area contributed by atoms with Gasteiger partial charge in [-0.15, -0.1) is 0 Å². The van der Waals surface area contributed by atoms with E-state index in [0.29, 0.717) is 44.0 Å². The lowest BCUT2D eigenvalue weighted by molar-refractivity contribution is -0.129. The molecule has 0 bridgehead atoms. The first-order valence-corrected chi connectivity index (χ1v) is 12.0. The SMILES string of the molecule is CNCC(=O)N(C)CCCCOC/C=C/c1ccc(NC(=O)C2Cc3ccc(C=O)cc3C2)nc1. The second kappa shape index (κ2) is 13.5. The van der Waals surface area contributed by atoms with Crippen molar-refractivity contribution in [1.82, 2.24) is 15.2 Å². The van der Waals surface area contributed by atoms with Crippen LogP contribution in [0.2, 0.25) is 0 Å². The predicted octanol–water partition coefficient (Wildman–Crippen LogP) is 2.74. The smallest absolute Gasteiger partial charge is 0.236 e. The maximum atomic E-state index is 12.7. The molecule has 2 amide bonds. The van der Waals surface area contributed by atoms with E-state index in [1.165, 1.54) is 0 Å². The van der Waals surface area contributed by atoms with Gasteiger partial charge in [0.05, 0.1) is 13.2 Å². The van der Waals surface area contributed by atoms with E-state index >= 15 is 0 Å². The van der Waals surface area contributed by atoms with Crippen molar-refractivity contribution in [2.75, 3.05) is 45.7 Å². The summed E-state index contributed by atoms with van der Waals surface area (Å²) in [5, 5.41) is 5.76. The normalized spacial score (nSPS) is 14.6. The zero-order valence-corrected chi connectivity index (χ0v) is 20.5. The van der Waals surface area contributed by atoms with Crippen LogP contribution >= 0.6 is 0 Å². The molecule has 1 heterocycles. The Morgan fingerprint density at radius 1 is 1.14 bits per heavy atom. The van der Waals surface area contributed by atoms with Gasteiger partial charge in [0.2, 0.25) is 11.8 Å². The molecule has 0 aliphatic heterocycles. The number of hydrogen-bond donors (Lipinski definition) is 2. The summed E-state index contributed by atoms with van der Waals surface area (Å²) in [5.74, 6) is 0.398. The number of unbranched alkanes of at least 4 members (excludes halogenated alkanes) is 1. The molecule has 0 saturated heterocycles. The number of nitrogens with one attached hydrogen (secondary N) is 2. The molecule has 186 valence electrons. The zero-order valence-electron chi connectivity index (χ0n) is 20.5. The first-order chi connectivity index (χ1) is 17.0. The molecule has 2 N–H and O–H groups in total. The molecule has 0 saturated carbocycles. The molecule has 1 aromatic carbocycles. The highest BCUT2D eigenvalue weighted by molar-refractivity contribution is 5.92. The Balaban J connectivity index is 1.33. The molecule has 0 fully saturated rings. The minimum absolute atomic E-state index is 0.0596. The van der Waals surface area contributed by atoms with Crippen molar-refractivity contribution in [2.45, 2.75) is 25.7 Å². The summed E-state index contributed by atoms with van der Waals surface area (Å²) in [6.45, 7) is 2.23. The number of pyridine rings is 1. The molecular formula is C27H34N4O4. The Hall–Kier alpha value is -3.36. The van der Waals surface area contributed by atoms with E-state index in [-0.39, 0.29) is 17.7 Å². The molecule has 1 atom stereocenters. The van der Waals surface area contributed by atoms with Crippen LogP contribution in [0.15, 0.2) is 42.6 Å². The number of hydrogen-bond acceptors (Lipinski definition) is 6. The summed E-state index contributed by atoms with van der Waals surface area (Å²) in [7, 11) is 3.58. The third-order valence-corrected chi connectivity index (χ3v) is 6.02. The second-order valence-electron chi connectivity index (χ2n) is 8.75. The first-order valence-electron chi connectivity index (χ1n) is 12.0. The number of anilines is 1. The number of amides is 2. The molecule has 3 rings (SSSR count). The van der Waals surface area contributed by atoms with Crippen LogP contribution in [-0.4, -0.2) is 68.4 Å². The van der Waals surface area contributed by atoms with Gasteiger partial charge < -0.3 is 20.3 Å². The van der Waals surface area contributed by atoms with Crippen molar-refractivity contribution in [3.8, 4) is 0 Å². The van der Waals surface area contributed by atoms with Gasteiger partial charge >= 0.3 is 0 Å². The van der Waals surface area contributed by atoms with Crippen LogP contribution in [-0.2, 0) is 27.2 Å². The van der Waals surface area contributed by atoms with Gasteiger partial charge in [-0.1, -0.05) is 24.3 Å². The maximum Gasteiger partial charge on any atom is 0.236 e. The number of carbonyl (C=O) groups excluding carboxylic acids is 3. The van der Waals surface area contributed by atoms with Gasteiger partial charge in [-0.3, -0.25) is 14.4 Å². The third kappa shape index (κ3) is 8.12. The Morgan fingerprint density at radius 2 is 1.94 bits per heavy atom. The number of benzene rings is 1. The van der Waals surface area contributed by atoms with Gasteiger partial charge in [-0.2, -0.15) is 0 Å². The molecule has 0 radical (unpaired) electrons. The second-order valence-corrected chi connectivity index (χ2v) is 8.75. The van der Waals surface area contributed by atoms with Gasteiger partial charge in [-0.05, 0) is 67.6 Å². The van der Waals surface area contributed by atoms with E-state index in [1.54, 1.807) is 30.3 Å². The van der Waals surface area contributed by atoms with Crippen LogP contribution in [0.4, 0.5) is 5.82 Å². The zero-order chi connectivity index (χ0) is 25.0. The van der Waals surface area contributed by atoms with Crippen LogP contribution in [0.5, 0.6) is 0 Å². The summed E-state index contributed by atoms with van der Waals surface area (Å²) in [6.07, 6.45) is 9.51. The van der Waals surface area contributed by atoms with E-state index in [9.17, 15) is 14.4 Å². The number of fused-ring (bicyclic) bond motifs is 1. The molecule has 35 heavy (non-hydrogen) atoms. The third-order valence-electron chi connectivity index (χ3n) is 6.02. The Kier molecular flexibility index (Phi) is 10.1. The fraction of sp³-hybridized carbons (Fsp3) is 0.407. The van der Waals surface area contributed by atoms with Crippen LogP contribution in [0, 0.1) is 5.92 Å². The molecule has 0 spiro atoms. The highest BCUT2D eigenvalue weighted by Gasteiger charge is 2.27. The van der Waals surface area contributed by atoms with Gasteiger partial charge in [0.25, 0.3) is 0 Å². The average Bonchev–Trinajstić information content (AvgIpc) is 3.30. The molecule has 8 nitrogen and oxygen atoms in total. The van der Waals surface area contributed by atoms with E-state index in [2.05, 4.69) is 15.6 Å². The summed E-state index contributed by atoms with van der Waals surface area (Å²) in [5.41, 5.74) is 3.75. The first kappa shape index (κ1) is 26.2. The molecule has 1 aromatic heterocycles. The van der Waals surface area contributed by atoms with Crippen LogP contribution in [0.1, 0.15) is 39.9 Å². The van der Waals surface area contributed by atoms with E-state index in [1.807, 2.05) is 37.4 Å². The summed E-state index contributed by atoms with van der Waals surface area (Å²) < 4.78 is 5.62. The van der Waals surface area contributed by atoms with E-state index < -0.39 is 0 Å². The number of likely N-dealkylation sites (N-methyl/N-ethyl adjacent to an activating group) is 2. The van der Waals surface area contributed by atoms with Gasteiger partial charge in [0.1, 0.15) is 12.1 Å². The van der Waals surface area contributed by atoms with Crippen LogP contribution in [0.25, 0.3) is 6.08 Å². The lowest BCUT2D eigenvalue weighted by Gasteiger charge is -2.16. The summed E-state index contributed by atoms with van der Waals surface area (Å²) in [4.78, 5) is 41.4. The maximum absolute atomic E-state index is 12.7. The van der Waals surface area contributed by atoms with Gasteiger partial charge in [0.15, 0.2) is 0 Å². The quantitative estimate of drug-likeness (QED) is 0.339. The lowest BCUT2D eigenvalue weighted by atomic mass is 10.1. The van der Waals surface area contributed by atoms with Crippen molar-refractivity contribution in [2.24, 2.45) is 5.92 Å². The highest BCUT2D eigenvalue weighted by atomic mass is 16.5. The molecule has 1 aliphatic carbocycles. The lowest BCUT2D eigenvalue weighted by Crippen LogP contribution is -2.34. The largest absolute Gasteiger partial charge is 0.377 e. The van der Waals surface area contributed by atoms with Crippen molar-refractivity contribution in [3.05, 3.63) is 64.9 Å². The molecule has 2 aromatic rings. The van der Waals surface area contributed by atoms with Crippen molar-refractivity contribution in [1.29, 1.82) is 0 Å². The summed E-state index contributed by atoms with van der Waals surface area (Å²) in [6, 6.07) is 9.28. The number of ether oxygens (including phenoxy) is 1. The molecule has 8 heteroatoms. The van der Waals surface area contributed by atoms with E-state index in [4.69, 9.17) is 4.74 Å². The molecule has 1 unspecified atom stereocenters. The predicted molar refractivity (Wildman–Crippen MR) is 136 cm³/mol. The summed E-state index contributed by atoms with van der Waals surface area (Å²) >= 11 is 0. The Bertz CT molecular complexity index is 1040. The molecular weight excluding hydrogens is 444 g/mol. The number of rotatable bonds is 13. The number of aldehydes is 1. The number of carbonyl (C=O) groups is 3. The fourth-order valence-corrected chi connectivity index (χ4v) is 4.00. The monoisotopic (exact) mass is 478 g/mol. The molecule has 1 aliphatic rings. The highest BCUT2D eigenvalue weighted by Crippen LogP contribution is 2.28. The fourth-order valence-electron chi connectivity index (χ4n) is 4.00. The number of nitrogens with zero attached hydrogens (tertiary/aromatic N) is 2. The Morgan fingerprint density at radius 3 is 2.69 bits per heavy atom. The average molecular weight is 479 g/mol. The van der Waals surface area contributed by atoms with Gasteiger partial charge in [-0.25, -0.2) is 4.98 Å². The number of aromatic nitrogens is 1.